The largest absolute Gasteiger partial charge is 0.412 e. The van der Waals surface area contributed by atoms with Gasteiger partial charge in [0.05, 0.1) is 0 Å². The van der Waals surface area contributed by atoms with Crippen LogP contribution in [0.4, 0.5) is 4.79 Å². The van der Waals surface area contributed by atoms with Crippen LogP contribution in [0.25, 0.3) is 5.57 Å². The first kappa shape index (κ1) is 21.4. The number of carbonyl (C=O) groups excluding carboxylic acids is 2. The van der Waals surface area contributed by atoms with Crippen molar-refractivity contribution in [3.05, 3.63) is 70.9 Å². The standard InChI is InChI=1S/C24H29N3O3/c1-3-26-24(29)30-20-9-7-8-19(16-20)22(21-10-5-6-15-27(21)4-2)17-11-13-18(14-12-17)23(25)28/h7-9,11-14,16H,3-6,10,15H2,1-2H3,(H2,25,28)(H,26,29). The van der Waals surface area contributed by atoms with Crippen molar-refractivity contribution in [1.29, 1.82) is 0 Å². The van der Waals surface area contributed by atoms with E-state index < -0.39 is 12.0 Å². The normalized spacial score (nSPS) is 15.5. The van der Waals surface area contributed by atoms with Gasteiger partial charge in [-0.25, -0.2) is 4.79 Å². The lowest BCUT2D eigenvalue weighted by Crippen LogP contribution is -2.29. The van der Waals surface area contributed by atoms with Crippen LogP contribution in [-0.2, 0) is 0 Å². The molecule has 0 bridgehead atoms. The van der Waals surface area contributed by atoms with Gasteiger partial charge < -0.3 is 20.7 Å². The lowest BCUT2D eigenvalue weighted by Gasteiger charge is -2.33. The number of amides is 2. The van der Waals surface area contributed by atoms with Crippen molar-refractivity contribution in [2.24, 2.45) is 5.73 Å². The van der Waals surface area contributed by atoms with Crippen molar-refractivity contribution in [2.75, 3.05) is 19.6 Å². The molecule has 1 heterocycles. The third-order valence-corrected chi connectivity index (χ3v) is 5.26. The fourth-order valence-electron chi connectivity index (χ4n) is 3.82. The maximum atomic E-state index is 11.9. The summed E-state index contributed by atoms with van der Waals surface area (Å²) in [7, 11) is 0. The van der Waals surface area contributed by atoms with E-state index in [1.54, 1.807) is 18.2 Å². The van der Waals surface area contributed by atoms with Crippen LogP contribution in [0.5, 0.6) is 5.75 Å². The van der Waals surface area contributed by atoms with Gasteiger partial charge in [-0.3, -0.25) is 4.79 Å². The number of nitrogens with zero attached hydrogens (tertiary/aromatic N) is 1. The molecule has 1 aliphatic heterocycles. The van der Waals surface area contributed by atoms with Gasteiger partial charge in [-0.2, -0.15) is 0 Å². The Labute approximate surface area is 177 Å². The summed E-state index contributed by atoms with van der Waals surface area (Å²) in [5, 5.41) is 2.65. The molecular weight excluding hydrogens is 378 g/mol. The van der Waals surface area contributed by atoms with Gasteiger partial charge in [-0.05, 0) is 68.5 Å². The quantitative estimate of drug-likeness (QED) is 0.753. The molecule has 0 aromatic heterocycles. The second kappa shape index (κ2) is 9.96. The number of benzene rings is 2. The molecule has 30 heavy (non-hydrogen) atoms. The van der Waals surface area contributed by atoms with Gasteiger partial charge in [0.25, 0.3) is 0 Å². The average Bonchev–Trinajstić information content (AvgIpc) is 2.75. The first-order chi connectivity index (χ1) is 14.5. The van der Waals surface area contributed by atoms with Gasteiger partial charge in [0.1, 0.15) is 5.75 Å². The molecule has 0 aliphatic carbocycles. The average molecular weight is 408 g/mol. The van der Waals surface area contributed by atoms with Crippen LogP contribution >= 0.6 is 0 Å². The molecule has 0 unspecified atom stereocenters. The number of hydrogen-bond acceptors (Lipinski definition) is 4. The molecule has 2 amide bonds. The first-order valence-electron chi connectivity index (χ1n) is 10.5. The molecular formula is C24H29N3O3. The van der Waals surface area contributed by atoms with Crippen molar-refractivity contribution >= 4 is 17.6 Å². The van der Waals surface area contributed by atoms with E-state index in [1.807, 2.05) is 37.3 Å². The molecule has 1 aliphatic rings. The SMILES string of the molecule is CCNC(=O)Oc1cccc(C(=C2CCCCN2CC)c2ccc(C(N)=O)cc2)c1. The number of rotatable bonds is 6. The van der Waals surface area contributed by atoms with Crippen LogP contribution in [-0.4, -0.2) is 36.5 Å². The van der Waals surface area contributed by atoms with E-state index >= 15 is 0 Å². The fraction of sp³-hybridized carbons (Fsp3) is 0.333. The highest BCUT2D eigenvalue weighted by Crippen LogP contribution is 2.35. The molecule has 1 saturated heterocycles. The number of likely N-dealkylation sites (tertiary alicyclic amines) is 1. The summed E-state index contributed by atoms with van der Waals surface area (Å²) < 4.78 is 5.43. The van der Waals surface area contributed by atoms with Crippen molar-refractivity contribution in [2.45, 2.75) is 33.1 Å². The number of piperidine rings is 1. The van der Waals surface area contributed by atoms with Gasteiger partial charge in [-0.15, -0.1) is 0 Å². The van der Waals surface area contributed by atoms with E-state index in [2.05, 4.69) is 17.1 Å². The number of nitrogens with one attached hydrogen (secondary N) is 1. The monoisotopic (exact) mass is 407 g/mol. The summed E-state index contributed by atoms with van der Waals surface area (Å²) >= 11 is 0. The molecule has 1 fully saturated rings. The van der Waals surface area contributed by atoms with Crippen LogP contribution in [0, 0.1) is 0 Å². The Morgan fingerprint density at radius 3 is 2.43 bits per heavy atom. The molecule has 0 saturated carbocycles. The molecule has 0 radical (unpaired) electrons. The van der Waals surface area contributed by atoms with E-state index in [1.165, 1.54) is 12.1 Å². The topological polar surface area (TPSA) is 84.7 Å². The van der Waals surface area contributed by atoms with Crippen molar-refractivity contribution in [3.8, 4) is 5.75 Å². The number of hydrogen-bond donors (Lipinski definition) is 2. The Kier molecular flexibility index (Phi) is 7.12. The Balaban J connectivity index is 2.08. The summed E-state index contributed by atoms with van der Waals surface area (Å²) in [4.78, 5) is 25.8. The third kappa shape index (κ3) is 5.00. The predicted molar refractivity (Wildman–Crippen MR) is 118 cm³/mol. The number of allylic oxidation sites excluding steroid dienone is 1. The maximum Gasteiger partial charge on any atom is 0.412 e. The molecule has 6 nitrogen and oxygen atoms in total. The number of nitrogens with two attached hydrogens (primary N) is 1. The zero-order valence-corrected chi connectivity index (χ0v) is 17.6. The van der Waals surface area contributed by atoms with E-state index in [9.17, 15) is 9.59 Å². The summed E-state index contributed by atoms with van der Waals surface area (Å²) in [5.41, 5.74) is 10.2. The maximum absolute atomic E-state index is 11.9. The van der Waals surface area contributed by atoms with Crippen LogP contribution in [0.1, 0.15) is 54.6 Å². The summed E-state index contributed by atoms with van der Waals surface area (Å²) in [5.74, 6) is 0.0464. The summed E-state index contributed by atoms with van der Waals surface area (Å²) in [6, 6.07) is 15.0. The van der Waals surface area contributed by atoms with Crippen molar-refractivity contribution < 1.29 is 14.3 Å². The second-order valence-electron chi connectivity index (χ2n) is 7.25. The minimum atomic E-state index is -0.470. The Morgan fingerprint density at radius 2 is 1.77 bits per heavy atom. The zero-order valence-electron chi connectivity index (χ0n) is 17.6. The van der Waals surface area contributed by atoms with Gasteiger partial charge >= 0.3 is 6.09 Å². The summed E-state index contributed by atoms with van der Waals surface area (Å²) in [6.45, 7) is 6.45. The highest BCUT2D eigenvalue weighted by Gasteiger charge is 2.21. The van der Waals surface area contributed by atoms with Crippen LogP contribution < -0.4 is 15.8 Å². The predicted octanol–water partition coefficient (Wildman–Crippen LogP) is 4.16. The molecule has 2 aromatic rings. The number of ether oxygens (including phenoxy) is 1. The lowest BCUT2D eigenvalue weighted by atomic mass is 9.91. The van der Waals surface area contributed by atoms with E-state index in [0.717, 1.165) is 42.6 Å². The zero-order chi connectivity index (χ0) is 21.5. The van der Waals surface area contributed by atoms with Crippen LogP contribution in [0.3, 0.4) is 0 Å². The van der Waals surface area contributed by atoms with Crippen LogP contribution in [0.15, 0.2) is 54.2 Å². The van der Waals surface area contributed by atoms with Crippen LogP contribution in [0.2, 0.25) is 0 Å². The van der Waals surface area contributed by atoms with Gasteiger partial charge in [0, 0.05) is 36.5 Å². The Hall–Kier alpha value is -3.28. The highest BCUT2D eigenvalue weighted by molar-refractivity contribution is 5.93. The van der Waals surface area contributed by atoms with Gasteiger partial charge in [-0.1, -0.05) is 24.3 Å². The molecule has 3 rings (SSSR count). The minimum Gasteiger partial charge on any atom is -0.410 e. The third-order valence-electron chi connectivity index (χ3n) is 5.26. The lowest BCUT2D eigenvalue weighted by molar-refractivity contribution is 0.1000. The minimum absolute atomic E-state index is 0.444. The van der Waals surface area contributed by atoms with Gasteiger partial charge in [0.2, 0.25) is 5.91 Å². The Bertz CT molecular complexity index is 935. The molecule has 2 aromatic carbocycles. The number of carbonyl (C=O) groups is 2. The van der Waals surface area contributed by atoms with E-state index in [0.29, 0.717) is 17.9 Å². The first-order valence-corrected chi connectivity index (χ1v) is 10.5. The molecule has 0 spiro atoms. The van der Waals surface area contributed by atoms with Gasteiger partial charge in [0.15, 0.2) is 0 Å². The molecule has 3 N–H and O–H groups in total. The molecule has 6 heteroatoms. The van der Waals surface area contributed by atoms with E-state index in [-0.39, 0.29) is 0 Å². The number of primary amides is 1. The molecule has 158 valence electrons. The second-order valence-corrected chi connectivity index (χ2v) is 7.25. The van der Waals surface area contributed by atoms with E-state index in [4.69, 9.17) is 10.5 Å². The Morgan fingerprint density at radius 1 is 1.03 bits per heavy atom. The van der Waals surface area contributed by atoms with Crippen molar-refractivity contribution in [3.63, 3.8) is 0 Å². The highest BCUT2D eigenvalue weighted by atomic mass is 16.6. The van der Waals surface area contributed by atoms with Crippen molar-refractivity contribution in [1.82, 2.24) is 10.2 Å². The summed E-state index contributed by atoms with van der Waals surface area (Å²) in [6.07, 6.45) is 2.81. The molecule has 0 atom stereocenters. The fourth-order valence-corrected chi connectivity index (χ4v) is 3.82. The smallest absolute Gasteiger partial charge is 0.410 e.